The molecule has 0 aliphatic carbocycles. The summed E-state index contributed by atoms with van der Waals surface area (Å²) in [6.45, 7) is 0.608. The second-order valence-electron chi connectivity index (χ2n) is 4.06. The van der Waals surface area contributed by atoms with Crippen molar-refractivity contribution >= 4 is 17.3 Å². The average Bonchev–Trinajstić information content (AvgIpc) is 2.37. The average molecular weight is 246 g/mol. The van der Waals surface area contributed by atoms with Gasteiger partial charge in [-0.05, 0) is 18.2 Å². The summed E-state index contributed by atoms with van der Waals surface area (Å²) in [4.78, 5) is 13.4. The quantitative estimate of drug-likeness (QED) is 0.740. The molecule has 0 spiro atoms. The van der Waals surface area contributed by atoms with Crippen LogP contribution in [0.1, 0.15) is 6.42 Å². The van der Waals surface area contributed by atoms with E-state index in [0.29, 0.717) is 13.0 Å². The number of benzene rings is 1. The van der Waals surface area contributed by atoms with Crippen LogP contribution in [0.3, 0.4) is 0 Å². The molecule has 0 fully saturated rings. The Morgan fingerprint density at radius 3 is 2.89 bits per heavy atom. The number of rotatable bonds is 6. The third-order valence-corrected chi connectivity index (χ3v) is 2.37. The lowest BCUT2D eigenvalue weighted by Gasteiger charge is -2.14. The summed E-state index contributed by atoms with van der Waals surface area (Å²) < 4.78 is 0. The molecule has 1 amide bonds. The Bertz CT molecular complexity index is 437. The molecule has 0 saturated heterocycles. The number of carbonyl (C=O) groups excluding carboxylic acids is 1. The van der Waals surface area contributed by atoms with E-state index in [1.165, 1.54) is 0 Å². The van der Waals surface area contributed by atoms with Gasteiger partial charge in [-0.2, -0.15) is 5.26 Å². The molecule has 96 valence electrons. The molecule has 0 aliphatic rings. The Kier molecular flexibility index (Phi) is 5.52. The van der Waals surface area contributed by atoms with E-state index in [-0.39, 0.29) is 12.5 Å². The maximum absolute atomic E-state index is 11.4. The predicted molar refractivity (Wildman–Crippen MR) is 72.5 cm³/mol. The van der Waals surface area contributed by atoms with Crippen molar-refractivity contribution in [2.45, 2.75) is 6.42 Å². The SMILES string of the molecule is CN(C)c1cccc(NCC(=O)NCCC#N)c1. The summed E-state index contributed by atoms with van der Waals surface area (Å²) in [5.74, 6) is -0.111. The zero-order valence-electron chi connectivity index (χ0n) is 10.7. The molecule has 5 nitrogen and oxygen atoms in total. The minimum Gasteiger partial charge on any atom is -0.378 e. The number of nitrogens with one attached hydrogen (secondary N) is 2. The molecule has 0 saturated carbocycles. The Morgan fingerprint density at radius 1 is 1.44 bits per heavy atom. The van der Waals surface area contributed by atoms with Crippen molar-refractivity contribution < 1.29 is 4.79 Å². The Labute approximate surface area is 107 Å². The number of hydrogen-bond acceptors (Lipinski definition) is 4. The van der Waals surface area contributed by atoms with Gasteiger partial charge in [0.15, 0.2) is 0 Å². The molecular weight excluding hydrogens is 228 g/mol. The second kappa shape index (κ2) is 7.17. The Hall–Kier alpha value is -2.22. The monoisotopic (exact) mass is 246 g/mol. The highest BCUT2D eigenvalue weighted by atomic mass is 16.1. The molecule has 0 bridgehead atoms. The number of anilines is 2. The van der Waals surface area contributed by atoms with E-state index in [2.05, 4.69) is 10.6 Å². The lowest BCUT2D eigenvalue weighted by Crippen LogP contribution is -2.30. The van der Waals surface area contributed by atoms with Gasteiger partial charge < -0.3 is 15.5 Å². The number of nitriles is 1. The molecule has 0 aromatic heterocycles. The van der Waals surface area contributed by atoms with Gasteiger partial charge in [0, 0.05) is 32.0 Å². The fraction of sp³-hybridized carbons (Fsp3) is 0.385. The van der Waals surface area contributed by atoms with Crippen molar-refractivity contribution in [3.8, 4) is 6.07 Å². The number of carbonyl (C=O) groups is 1. The van der Waals surface area contributed by atoms with Gasteiger partial charge >= 0.3 is 0 Å². The lowest BCUT2D eigenvalue weighted by atomic mass is 10.2. The standard InChI is InChI=1S/C13H18N4O/c1-17(2)12-6-3-5-11(9-12)16-10-13(18)15-8-4-7-14/h3,5-6,9,16H,4,8,10H2,1-2H3,(H,15,18). The first-order valence-electron chi connectivity index (χ1n) is 5.78. The maximum atomic E-state index is 11.4. The van der Waals surface area contributed by atoms with Crippen LogP contribution in [-0.4, -0.2) is 33.1 Å². The molecule has 2 N–H and O–H groups in total. The number of nitrogens with zero attached hydrogens (tertiary/aromatic N) is 2. The second-order valence-corrected chi connectivity index (χ2v) is 4.06. The van der Waals surface area contributed by atoms with Crippen molar-refractivity contribution in [3.63, 3.8) is 0 Å². The van der Waals surface area contributed by atoms with E-state index >= 15 is 0 Å². The predicted octanol–water partition coefficient (Wildman–Crippen LogP) is 1.19. The summed E-state index contributed by atoms with van der Waals surface area (Å²) in [5, 5.41) is 14.0. The van der Waals surface area contributed by atoms with Crippen LogP contribution >= 0.6 is 0 Å². The molecule has 18 heavy (non-hydrogen) atoms. The minimum absolute atomic E-state index is 0.111. The van der Waals surface area contributed by atoms with Crippen molar-refractivity contribution in [2.75, 3.05) is 37.4 Å². The third kappa shape index (κ3) is 4.74. The zero-order chi connectivity index (χ0) is 13.4. The van der Waals surface area contributed by atoms with Crippen LogP contribution in [0.4, 0.5) is 11.4 Å². The van der Waals surface area contributed by atoms with E-state index in [0.717, 1.165) is 11.4 Å². The number of hydrogen-bond donors (Lipinski definition) is 2. The van der Waals surface area contributed by atoms with Crippen LogP contribution in [0.2, 0.25) is 0 Å². The summed E-state index contributed by atoms with van der Waals surface area (Å²) in [5.41, 5.74) is 1.97. The molecular formula is C13H18N4O. The smallest absolute Gasteiger partial charge is 0.239 e. The van der Waals surface area contributed by atoms with Gasteiger partial charge in [-0.15, -0.1) is 0 Å². The first-order valence-corrected chi connectivity index (χ1v) is 5.78. The topological polar surface area (TPSA) is 68.2 Å². The molecule has 1 rings (SSSR count). The van der Waals surface area contributed by atoms with Gasteiger partial charge in [0.1, 0.15) is 0 Å². The zero-order valence-corrected chi connectivity index (χ0v) is 10.7. The largest absolute Gasteiger partial charge is 0.378 e. The highest BCUT2D eigenvalue weighted by molar-refractivity contribution is 5.80. The molecule has 5 heteroatoms. The molecule has 0 unspecified atom stereocenters. The highest BCUT2D eigenvalue weighted by Gasteiger charge is 2.01. The van der Waals surface area contributed by atoms with E-state index in [1.807, 2.05) is 49.3 Å². The van der Waals surface area contributed by atoms with E-state index < -0.39 is 0 Å². The van der Waals surface area contributed by atoms with E-state index in [9.17, 15) is 4.79 Å². The van der Waals surface area contributed by atoms with Gasteiger partial charge in [0.25, 0.3) is 0 Å². The van der Waals surface area contributed by atoms with E-state index in [4.69, 9.17) is 5.26 Å². The highest BCUT2D eigenvalue weighted by Crippen LogP contribution is 2.16. The van der Waals surface area contributed by atoms with E-state index in [1.54, 1.807) is 0 Å². The molecule has 0 heterocycles. The summed E-state index contributed by atoms with van der Waals surface area (Å²) >= 11 is 0. The van der Waals surface area contributed by atoms with Crippen LogP contribution in [-0.2, 0) is 4.79 Å². The van der Waals surface area contributed by atoms with Gasteiger partial charge in [-0.1, -0.05) is 6.07 Å². The Balaban J connectivity index is 2.41. The third-order valence-electron chi connectivity index (χ3n) is 2.37. The first kappa shape index (κ1) is 13.8. The molecule has 0 atom stereocenters. The molecule has 0 aliphatic heterocycles. The van der Waals surface area contributed by atoms with Gasteiger partial charge in [-0.25, -0.2) is 0 Å². The fourth-order valence-electron chi connectivity index (χ4n) is 1.40. The molecule has 0 radical (unpaired) electrons. The van der Waals surface area contributed by atoms with Crippen molar-refractivity contribution in [1.29, 1.82) is 5.26 Å². The molecule has 1 aromatic carbocycles. The normalized spacial score (nSPS) is 9.39. The lowest BCUT2D eigenvalue weighted by molar-refractivity contribution is -0.119. The maximum Gasteiger partial charge on any atom is 0.239 e. The van der Waals surface area contributed by atoms with Crippen LogP contribution < -0.4 is 15.5 Å². The van der Waals surface area contributed by atoms with Gasteiger partial charge in [0.05, 0.1) is 19.0 Å². The van der Waals surface area contributed by atoms with Gasteiger partial charge in [0.2, 0.25) is 5.91 Å². The summed E-state index contributed by atoms with van der Waals surface area (Å²) in [7, 11) is 3.93. The van der Waals surface area contributed by atoms with Crippen molar-refractivity contribution in [2.24, 2.45) is 0 Å². The first-order chi connectivity index (χ1) is 8.63. The Morgan fingerprint density at radius 2 is 2.22 bits per heavy atom. The van der Waals surface area contributed by atoms with Gasteiger partial charge in [-0.3, -0.25) is 4.79 Å². The van der Waals surface area contributed by atoms with Crippen molar-refractivity contribution in [1.82, 2.24) is 5.32 Å². The van der Waals surface area contributed by atoms with Crippen molar-refractivity contribution in [3.05, 3.63) is 24.3 Å². The minimum atomic E-state index is -0.111. The van der Waals surface area contributed by atoms with Crippen LogP contribution in [0.15, 0.2) is 24.3 Å². The number of amides is 1. The van der Waals surface area contributed by atoms with Crippen LogP contribution in [0.25, 0.3) is 0 Å². The fourth-order valence-corrected chi connectivity index (χ4v) is 1.40. The summed E-state index contributed by atoms with van der Waals surface area (Å²) in [6.07, 6.45) is 0.335. The molecule has 1 aromatic rings. The van der Waals surface area contributed by atoms with Crippen LogP contribution in [0.5, 0.6) is 0 Å². The summed E-state index contributed by atoms with van der Waals surface area (Å²) in [6, 6.07) is 9.80. The van der Waals surface area contributed by atoms with Crippen LogP contribution in [0, 0.1) is 11.3 Å².